The molecule has 1 atom stereocenters. The van der Waals surface area contributed by atoms with Crippen molar-refractivity contribution in [3.8, 4) is 5.75 Å². The molecule has 3 amide bonds. The molecule has 1 N–H and O–H groups in total. The number of benzene rings is 3. The summed E-state index contributed by atoms with van der Waals surface area (Å²) in [4.78, 5) is 54.7. The molecule has 6 rings (SSSR count). The summed E-state index contributed by atoms with van der Waals surface area (Å²) in [5.74, 6) is 0.606. The number of amides is 3. The fraction of sp³-hybridized carbons (Fsp3) is 0.281. The molecule has 3 aromatic carbocycles. The topological polar surface area (TPSA) is 107 Å². The summed E-state index contributed by atoms with van der Waals surface area (Å²) in [6.07, 6.45) is -0.0114. The SMILES string of the molecule is CCOc1ccc(NC(=O)CSC2=Nc3ccccc3C3=NC(CC(=O)N4CCN(c5ccccc5)CC4)C(=O)N23)cc1. The van der Waals surface area contributed by atoms with Crippen LogP contribution in [-0.4, -0.2) is 83.1 Å². The Morgan fingerprint density at radius 1 is 0.953 bits per heavy atom. The Morgan fingerprint density at radius 3 is 2.42 bits per heavy atom. The molecule has 3 aliphatic heterocycles. The number of ether oxygens (including phenoxy) is 1. The van der Waals surface area contributed by atoms with Crippen molar-refractivity contribution in [3.05, 3.63) is 84.4 Å². The Labute approximate surface area is 254 Å². The van der Waals surface area contributed by atoms with Crippen LogP contribution >= 0.6 is 11.8 Å². The molecule has 3 heterocycles. The van der Waals surface area contributed by atoms with Gasteiger partial charge in [0.1, 0.15) is 17.6 Å². The second-order valence-corrected chi connectivity index (χ2v) is 11.2. The molecule has 1 fully saturated rings. The summed E-state index contributed by atoms with van der Waals surface area (Å²) in [6.45, 7) is 5.11. The molecule has 220 valence electrons. The quantitative estimate of drug-likeness (QED) is 0.419. The first-order valence-electron chi connectivity index (χ1n) is 14.3. The van der Waals surface area contributed by atoms with Crippen molar-refractivity contribution in [1.82, 2.24) is 9.80 Å². The van der Waals surface area contributed by atoms with Gasteiger partial charge in [0.15, 0.2) is 5.17 Å². The minimum Gasteiger partial charge on any atom is -0.494 e. The Morgan fingerprint density at radius 2 is 1.67 bits per heavy atom. The summed E-state index contributed by atoms with van der Waals surface area (Å²) in [7, 11) is 0. The first-order valence-corrected chi connectivity index (χ1v) is 15.3. The van der Waals surface area contributed by atoms with Crippen molar-refractivity contribution in [3.63, 3.8) is 0 Å². The molecule has 0 aromatic heterocycles. The lowest BCUT2D eigenvalue weighted by Crippen LogP contribution is -2.49. The van der Waals surface area contributed by atoms with E-state index in [1.165, 1.54) is 4.90 Å². The fourth-order valence-electron chi connectivity index (χ4n) is 5.31. The van der Waals surface area contributed by atoms with Crippen molar-refractivity contribution in [2.75, 3.05) is 48.8 Å². The number of hydrogen-bond donors (Lipinski definition) is 1. The van der Waals surface area contributed by atoms with Gasteiger partial charge in [0.25, 0.3) is 5.91 Å². The zero-order valence-electron chi connectivity index (χ0n) is 23.8. The third-order valence-electron chi connectivity index (χ3n) is 7.45. The first-order chi connectivity index (χ1) is 21.0. The van der Waals surface area contributed by atoms with Crippen LogP contribution in [0.15, 0.2) is 88.8 Å². The van der Waals surface area contributed by atoms with Gasteiger partial charge in [0.2, 0.25) is 11.8 Å². The second-order valence-electron chi connectivity index (χ2n) is 10.3. The molecule has 3 aliphatic rings. The number of piperazine rings is 1. The Balaban J connectivity index is 1.10. The molecule has 0 aliphatic carbocycles. The monoisotopic (exact) mass is 596 g/mol. The standard InChI is InChI=1S/C32H32N6O4S/c1-2-42-24-14-12-22(13-15-24)33-28(39)21-43-32-35-26-11-7-6-10-25(26)30-34-27(31(41)38(30)32)20-29(40)37-18-16-36(17-19-37)23-8-4-3-5-9-23/h3-15,27H,2,16-21H2,1H3,(H,33,39). The number of hydrogen-bond acceptors (Lipinski definition) is 8. The van der Waals surface area contributed by atoms with Crippen LogP contribution in [0.3, 0.4) is 0 Å². The van der Waals surface area contributed by atoms with Crippen molar-refractivity contribution in [2.24, 2.45) is 9.98 Å². The molecule has 11 heteroatoms. The molecular weight excluding hydrogens is 564 g/mol. The van der Waals surface area contributed by atoms with Crippen LogP contribution in [0.4, 0.5) is 17.1 Å². The van der Waals surface area contributed by atoms with E-state index in [-0.39, 0.29) is 29.9 Å². The number of thioether (sulfide) groups is 1. The van der Waals surface area contributed by atoms with Gasteiger partial charge < -0.3 is 19.9 Å². The van der Waals surface area contributed by atoms with Gasteiger partial charge in [-0.3, -0.25) is 19.4 Å². The van der Waals surface area contributed by atoms with Gasteiger partial charge in [-0.1, -0.05) is 42.1 Å². The molecule has 0 bridgehead atoms. The zero-order valence-corrected chi connectivity index (χ0v) is 24.6. The molecule has 0 radical (unpaired) electrons. The highest BCUT2D eigenvalue weighted by Gasteiger charge is 2.42. The third-order valence-corrected chi connectivity index (χ3v) is 8.39. The summed E-state index contributed by atoms with van der Waals surface area (Å²) >= 11 is 1.16. The number of para-hydroxylation sites is 2. The predicted molar refractivity (Wildman–Crippen MR) is 169 cm³/mol. The van der Waals surface area contributed by atoms with E-state index in [4.69, 9.17) is 14.7 Å². The van der Waals surface area contributed by atoms with Crippen LogP contribution in [0, 0.1) is 0 Å². The normalized spacial score (nSPS) is 17.6. The molecule has 1 unspecified atom stereocenters. The smallest absolute Gasteiger partial charge is 0.259 e. The van der Waals surface area contributed by atoms with Crippen molar-refractivity contribution >= 4 is 57.5 Å². The highest BCUT2D eigenvalue weighted by Crippen LogP contribution is 2.34. The van der Waals surface area contributed by atoms with Crippen LogP contribution in [0.5, 0.6) is 5.75 Å². The molecule has 0 spiro atoms. The number of carbonyl (C=O) groups excluding carboxylic acids is 3. The average molecular weight is 597 g/mol. The maximum Gasteiger partial charge on any atom is 0.259 e. The van der Waals surface area contributed by atoms with Crippen LogP contribution < -0.4 is 15.0 Å². The van der Waals surface area contributed by atoms with E-state index >= 15 is 0 Å². The molecule has 3 aromatic rings. The number of amidine groups is 2. The van der Waals surface area contributed by atoms with Crippen molar-refractivity contribution < 1.29 is 19.1 Å². The lowest BCUT2D eigenvalue weighted by molar-refractivity contribution is -0.135. The number of fused-ring (bicyclic) bond motifs is 3. The first kappa shape index (κ1) is 28.5. The average Bonchev–Trinajstić information content (AvgIpc) is 3.37. The van der Waals surface area contributed by atoms with E-state index in [0.717, 1.165) is 41.9 Å². The van der Waals surface area contributed by atoms with Gasteiger partial charge in [-0.25, -0.2) is 9.89 Å². The van der Waals surface area contributed by atoms with Crippen LogP contribution in [-0.2, 0) is 14.4 Å². The number of aliphatic imine (C=N–C) groups is 2. The van der Waals surface area contributed by atoms with Gasteiger partial charge in [0, 0.05) is 43.1 Å². The van der Waals surface area contributed by atoms with E-state index in [1.807, 2.05) is 54.3 Å². The number of rotatable bonds is 8. The third kappa shape index (κ3) is 6.26. The predicted octanol–water partition coefficient (Wildman–Crippen LogP) is 4.15. The minimum atomic E-state index is -0.843. The molecule has 0 saturated carbocycles. The highest BCUT2D eigenvalue weighted by molar-refractivity contribution is 8.14. The highest BCUT2D eigenvalue weighted by atomic mass is 32.2. The van der Waals surface area contributed by atoms with Crippen LogP contribution in [0.1, 0.15) is 18.9 Å². The summed E-state index contributed by atoms with van der Waals surface area (Å²) < 4.78 is 5.45. The molecule has 1 saturated heterocycles. The van der Waals surface area contributed by atoms with Crippen LogP contribution in [0.25, 0.3) is 0 Å². The number of carbonyl (C=O) groups is 3. The maximum absolute atomic E-state index is 13.7. The van der Waals surface area contributed by atoms with E-state index in [1.54, 1.807) is 24.3 Å². The lowest BCUT2D eigenvalue weighted by Gasteiger charge is -2.36. The van der Waals surface area contributed by atoms with E-state index in [9.17, 15) is 14.4 Å². The maximum atomic E-state index is 13.7. The summed E-state index contributed by atoms with van der Waals surface area (Å²) in [5, 5.41) is 3.24. The van der Waals surface area contributed by atoms with Crippen LogP contribution in [0.2, 0.25) is 0 Å². The van der Waals surface area contributed by atoms with Crippen molar-refractivity contribution in [1.29, 1.82) is 0 Å². The van der Waals surface area contributed by atoms with Gasteiger partial charge in [-0.05, 0) is 55.5 Å². The van der Waals surface area contributed by atoms with Gasteiger partial charge in [-0.15, -0.1) is 0 Å². The summed E-state index contributed by atoms with van der Waals surface area (Å²) in [5.41, 5.74) is 3.18. The summed E-state index contributed by atoms with van der Waals surface area (Å²) in [6, 6.07) is 23.9. The fourth-order valence-corrected chi connectivity index (χ4v) is 6.11. The Hall–Kier alpha value is -4.64. The Kier molecular flexibility index (Phi) is 8.41. The van der Waals surface area contributed by atoms with E-state index in [2.05, 4.69) is 22.3 Å². The zero-order chi connectivity index (χ0) is 29.8. The second kappa shape index (κ2) is 12.7. The van der Waals surface area contributed by atoms with Gasteiger partial charge >= 0.3 is 0 Å². The van der Waals surface area contributed by atoms with E-state index < -0.39 is 6.04 Å². The van der Waals surface area contributed by atoms with Gasteiger partial charge in [-0.2, -0.15) is 0 Å². The number of nitrogens with zero attached hydrogens (tertiary/aromatic N) is 5. The number of nitrogens with one attached hydrogen (secondary N) is 1. The number of anilines is 2. The molecule has 43 heavy (non-hydrogen) atoms. The molecular formula is C32H32N6O4S. The van der Waals surface area contributed by atoms with Gasteiger partial charge in [0.05, 0.1) is 24.5 Å². The van der Waals surface area contributed by atoms with Crippen molar-refractivity contribution in [2.45, 2.75) is 19.4 Å². The lowest BCUT2D eigenvalue weighted by atomic mass is 10.1. The minimum absolute atomic E-state index is 0.0114. The Bertz CT molecular complexity index is 1570. The molecule has 10 nitrogen and oxygen atoms in total. The largest absolute Gasteiger partial charge is 0.494 e. The van der Waals surface area contributed by atoms with E-state index in [0.29, 0.717) is 42.1 Å².